The van der Waals surface area contributed by atoms with Crippen molar-refractivity contribution in [2.75, 3.05) is 0 Å². The van der Waals surface area contributed by atoms with Crippen molar-refractivity contribution < 1.29 is 23.0 Å². The van der Waals surface area contributed by atoms with Crippen molar-refractivity contribution in [3.8, 4) is 11.1 Å². The second-order valence-corrected chi connectivity index (χ2v) is 2.91. The van der Waals surface area contributed by atoms with Crippen LogP contribution in [0.25, 0.3) is 11.1 Å². The molecule has 0 radical (unpaired) electrons. The van der Waals surface area contributed by atoms with Gasteiger partial charge in [0.2, 0.25) is 0 Å². The first-order valence-electron chi connectivity index (χ1n) is 4.30. The Balaban J connectivity index is 0.000000337. The summed E-state index contributed by atoms with van der Waals surface area (Å²) in [7, 11) is 0. The molecule has 15 heavy (non-hydrogen) atoms. The van der Waals surface area contributed by atoms with Gasteiger partial charge >= 0.3 is 23.0 Å². The Morgan fingerprint density at radius 2 is 0.867 bits per heavy atom. The van der Waals surface area contributed by atoms with Crippen molar-refractivity contribution in [3.63, 3.8) is 0 Å². The Hall–Kier alpha value is -1.18. The molecule has 0 aliphatic carbocycles. The van der Waals surface area contributed by atoms with Gasteiger partial charge in [0.1, 0.15) is 0 Å². The standard InChI is InChI=1S/C12H10.Cu.2FH/c1-3-7-11(8-4-1)12-9-5-2-6-10-12;;;/h1-10H;;2*1H/q;+2;;/p-2. The van der Waals surface area contributed by atoms with E-state index in [1.54, 1.807) is 0 Å². The van der Waals surface area contributed by atoms with E-state index in [0.29, 0.717) is 0 Å². The third kappa shape index (κ3) is 4.24. The molecular weight excluding hydrogens is 246 g/mol. The van der Waals surface area contributed by atoms with E-state index in [4.69, 9.17) is 0 Å². The molecule has 2 aromatic carbocycles. The molecule has 0 saturated heterocycles. The predicted molar refractivity (Wildman–Crippen MR) is 54.1 cm³/mol. The van der Waals surface area contributed by atoms with Crippen molar-refractivity contribution in [1.82, 2.24) is 0 Å². The van der Waals surface area contributed by atoms with Gasteiger partial charge in [0.25, 0.3) is 0 Å². The van der Waals surface area contributed by atoms with Crippen molar-refractivity contribution in [1.29, 1.82) is 0 Å². The second kappa shape index (κ2) is 7.16. The summed E-state index contributed by atoms with van der Waals surface area (Å²) in [5, 5.41) is 0. The molecule has 0 saturated carbocycles. The molecule has 0 nitrogen and oxygen atoms in total. The largest absolute Gasteiger partial charge is 0.0622 e. The van der Waals surface area contributed by atoms with E-state index in [1.165, 1.54) is 11.1 Å². The fourth-order valence-corrected chi connectivity index (χ4v) is 1.26. The van der Waals surface area contributed by atoms with Gasteiger partial charge in [-0.25, -0.2) is 0 Å². The quantitative estimate of drug-likeness (QED) is 0.671. The maximum Gasteiger partial charge on any atom is -0.0184 e. The molecule has 0 aromatic heterocycles. The molecule has 2 rings (SSSR count). The molecule has 0 heterocycles. The third-order valence-corrected chi connectivity index (χ3v) is 1.88. The van der Waals surface area contributed by atoms with Gasteiger partial charge in [-0.15, -0.1) is 0 Å². The summed E-state index contributed by atoms with van der Waals surface area (Å²) in [6.07, 6.45) is 0. The summed E-state index contributed by atoms with van der Waals surface area (Å²) in [6, 6.07) is 20.8. The zero-order chi connectivity index (χ0) is 10.9. The van der Waals surface area contributed by atoms with Gasteiger partial charge in [0, 0.05) is 0 Å². The Kier molecular flexibility index (Phi) is 5.67. The minimum Gasteiger partial charge on any atom is -0.0622 e. The maximum absolute atomic E-state index is 9.53. The average molecular weight is 256 g/mol. The van der Waals surface area contributed by atoms with Gasteiger partial charge in [-0.1, -0.05) is 60.7 Å². The fourth-order valence-electron chi connectivity index (χ4n) is 1.26. The molecule has 0 atom stereocenters. The summed E-state index contributed by atoms with van der Waals surface area (Å²) >= 11 is -1.19. The second-order valence-electron chi connectivity index (χ2n) is 2.78. The van der Waals surface area contributed by atoms with Crippen LogP contribution in [0.3, 0.4) is 0 Å². The van der Waals surface area contributed by atoms with Gasteiger partial charge in [0.15, 0.2) is 0 Å². The zero-order valence-electron chi connectivity index (χ0n) is 7.83. The molecule has 0 spiro atoms. The molecule has 0 bridgehead atoms. The smallest absolute Gasteiger partial charge is 0.0184 e. The fraction of sp³-hybridized carbons (Fsp3) is 0. The Labute approximate surface area is 95.0 Å². The van der Waals surface area contributed by atoms with E-state index in [9.17, 15) is 7.10 Å². The maximum atomic E-state index is 9.53. The van der Waals surface area contributed by atoms with Gasteiger partial charge in [0.05, 0.1) is 0 Å². The Morgan fingerprint density at radius 3 is 1.13 bits per heavy atom. The third-order valence-electron chi connectivity index (χ3n) is 1.88. The van der Waals surface area contributed by atoms with Crippen molar-refractivity contribution in [3.05, 3.63) is 60.7 Å². The number of hydrogen-bond donors (Lipinski definition) is 0. The van der Waals surface area contributed by atoms with Crippen LogP contribution in [0.5, 0.6) is 0 Å². The minimum absolute atomic E-state index is 1.19. The normalized spacial score (nSPS) is 9.20. The molecule has 0 N–H and O–H groups in total. The molecule has 0 aliphatic heterocycles. The van der Waals surface area contributed by atoms with Gasteiger partial charge in [-0.3, -0.25) is 0 Å². The van der Waals surface area contributed by atoms with Crippen molar-refractivity contribution >= 4 is 0 Å². The van der Waals surface area contributed by atoms with Crippen LogP contribution < -0.4 is 0 Å². The molecular formula is C12H10CuF2. The number of hydrogen-bond acceptors (Lipinski definition) is 0. The topological polar surface area (TPSA) is 0 Å². The number of benzene rings is 2. The van der Waals surface area contributed by atoms with Crippen LogP contribution in [-0.2, 0) is 15.9 Å². The first-order chi connectivity index (χ1) is 7.38. The number of halogens is 2. The molecule has 0 aliphatic rings. The molecule has 83 valence electrons. The van der Waals surface area contributed by atoms with E-state index >= 15 is 0 Å². The van der Waals surface area contributed by atoms with E-state index < -0.39 is 15.9 Å². The Bertz CT molecular complexity index is 324. The predicted octanol–water partition coefficient (Wildman–Crippen LogP) is 4.19. The summed E-state index contributed by atoms with van der Waals surface area (Å²) in [5.41, 5.74) is 2.55. The van der Waals surface area contributed by atoms with Crippen LogP contribution in [0.4, 0.5) is 7.10 Å². The molecule has 0 amide bonds. The summed E-state index contributed by atoms with van der Waals surface area (Å²) in [5.74, 6) is 0. The first kappa shape index (κ1) is 11.9. The molecule has 0 fully saturated rings. The van der Waals surface area contributed by atoms with Crippen LogP contribution >= 0.6 is 0 Å². The molecule has 2 aromatic rings. The summed E-state index contributed by atoms with van der Waals surface area (Å²) < 4.78 is 19.1. The van der Waals surface area contributed by atoms with Crippen LogP contribution in [0, 0.1) is 0 Å². The number of rotatable bonds is 1. The van der Waals surface area contributed by atoms with Crippen molar-refractivity contribution in [2.45, 2.75) is 0 Å². The average Bonchev–Trinajstić information content (AvgIpc) is 2.32. The van der Waals surface area contributed by atoms with Crippen LogP contribution in [0.15, 0.2) is 60.7 Å². The monoisotopic (exact) mass is 255 g/mol. The molecule has 0 unspecified atom stereocenters. The van der Waals surface area contributed by atoms with E-state index in [2.05, 4.69) is 48.5 Å². The van der Waals surface area contributed by atoms with Gasteiger partial charge in [-0.2, -0.15) is 0 Å². The summed E-state index contributed by atoms with van der Waals surface area (Å²) in [6.45, 7) is 0. The SMILES string of the molecule is [F][Cu][F].c1ccc(-c2ccccc2)cc1. The van der Waals surface area contributed by atoms with Gasteiger partial charge in [-0.05, 0) is 11.1 Å². The summed E-state index contributed by atoms with van der Waals surface area (Å²) in [4.78, 5) is 0. The van der Waals surface area contributed by atoms with Crippen LogP contribution in [-0.4, -0.2) is 0 Å². The van der Waals surface area contributed by atoms with Crippen LogP contribution in [0.2, 0.25) is 0 Å². The van der Waals surface area contributed by atoms with Crippen molar-refractivity contribution in [2.24, 2.45) is 0 Å². The van der Waals surface area contributed by atoms with Crippen LogP contribution in [0.1, 0.15) is 0 Å². The minimum atomic E-state index is -1.19. The zero-order valence-corrected chi connectivity index (χ0v) is 8.77. The Morgan fingerprint density at radius 1 is 0.600 bits per heavy atom. The van der Waals surface area contributed by atoms with E-state index in [1.807, 2.05) is 12.1 Å². The van der Waals surface area contributed by atoms with Gasteiger partial charge < -0.3 is 0 Å². The molecule has 3 heteroatoms. The first-order valence-corrected chi connectivity index (χ1v) is 5.01. The van der Waals surface area contributed by atoms with E-state index in [0.717, 1.165) is 0 Å². The van der Waals surface area contributed by atoms with E-state index in [-0.39, 0.29) is 0 Å².